The van der Waals surface area contributed by atoms with Crippen LogP contribution in [0.15, 0.2) is 58.7 Å². The Morgan fingerprint density at radius 2 is 2.00 bits per heavy atom. The Balaban J connectivity index is 3.73. The van der Waals surface area contributed by atoms with E-state index in [0.29, 0.717) is 24.8 Å². The van der Waals surface area contributed by atoms with Gasteiger partial charge in [0, 0.05) is 12.0 Å². The number of hydrogen-bond acceptors (Lipinski definition) is 2. The number of hydrogen-bond donors (Lipinski definition) is 1. The zero-order valence-corrected chi connectivity index (χ0v) is 17.9. The van der Waals surface area contributed by atoms with Crippen molar-refractivity contribution in [3.8, 4) is 0 Å². The Hall–Kier alpha value is -1.87. The summed E-state index contributed by atoms with van der Waals surface area (Å²) in [5, 5.41) is 9.48. The van der Waals surface area contributed by atoms with Crippen molar-refractivity contribution in [3.05, 3.63) is 58.7 Å². The van der Waals surface area contributed by atoms with Crippen LogP contribution >= 0.6 is 9.24 Å². The van der Waals surface area contributed by atoms with Gasteiger partial charge in [0.15, 0.2) is 5.78 Å². The van der Waals surface area contributed by atoms with Crippen LogP contribution in [-0.2, 0) is 9.59 Å². The molecule has 1 N–H and O–H groups in total. The summed E-state index contributed by atoms with van der Waals surface area (Å²) in [6.45, 7) is 9.36. The number of Topliss-reactive ketones (excluding diaryl/α,β-unsaturated/α-hetero) is 1. The summed E-state index contributed by atoms with van der Waals surface area (Å²) in [5.41, 5.74) is -1.15. The molecular formula is C22H29F2O3P. The van der Waals surface area contributed by atoms with Crippen molar-refractivity contribution in [2.75, 3.05) is 0 Å². The average Bonchev–Trinajstić information content (AvgIpc) is 2.61. The predicted octanol–water partition coefficient (Wildman–Crippen LogP) is 6.01. The summed E-state index contributed by atoms with van der Waals surface area (Å²) in [4.78, 5) is 23.9. The first-order chi connectivity index (χ1) is 13.1. The molecule has 0 aromatic rings. The van der Waals surface area contributed by atoms with Crippen molar-refractivity contribution in [2.24, 2.45) is 5.92 Å². The first-order valence-corrected chi connectivity index (χ1v) is 10.1. The van der Waals surface area contributed by atoms with Gasteiger partial charge < -0.3 is 5.11 Å². The van der Waals surface area contributed by atoms with Crippen LogP contribution in [0.1, 0.15) is 52.9 Å². The van der Waals surface area contributed by atoms with Gasteiger partial charge in [0.1, 0.15) is 5.57 Å². The minimum Gasteiger partial charge on any atom is -0.478 e. The fourth-order valence-electron chi connectivity index (χ4n) is 3.13. The number of carbonyl (C=O) groups is 2. The Morgan fingerprint density at radius 3 is 2.46 bits per heavy atom. The van der Waals surface area contributed by atoms with E-state index in [4.69, 9.17) is 0 Å². The van der Waals surface area contributed by atoms with E-state index < -0.39 is 17.4 Å². The zero-order chi connectivity index (χ0) is 21.5. The predicted molar refractivity (Wildman–Crippen MR) is 112 cm³/mol. The third-order valence-electron chi connectivity index (χ3n) is 5.01. The quantitative estimate of drug-likeness (QED) is 0.303. The second kappa shape index (κ2) is 10.6. The lowest BCUT2D eigenvalue weighted by Gasteiger charge is -2.22. The fraction of sp³-hybridized carbons (Fsp3) is 0.455. The van der Waals surface area contributed by atoms with E-state index in [-0.39, 0.29) is 23.5 Å². The molecule has 2 unspecified atom stereocenters. The molecule has 1 aliphatic rings. The molecular weight excluding hydrogens is 381 g/mol. The molecule has 0 aliphatic heterocycles. The lowest BCUT2D eigenvalue weighted by Crippen LogP contribution is -2.16. The monoisotopic (exact) mass is 410 g/mol. The van der Waals surface area contributed by atoms with Gasteiger partial charge in [0.25, 0.3) is 5.66 Å². The van der Waals surface area contributed by atoms with Crippen LogP contribution in [0.25, 0.3) is 0 Å². The van der Waals surface area contributed by atoms with E-state index in [0.717, 1.165) is 23.6 Å². The smallest absolute Gasteiger partial charge is 0.339 e. The van der Waals surface area contributed by atoms with E-state index >= 15 is 0 Å². The van der Waals surface area contributed by atoms with E-state index in [9.17, 15) is 23.5 Å². The Labute approximate surface area is 168 Å². The highest BCUT2D eigenvalue weighted by molar-refractivity contribution is 7.18. The van der Waals surface area contributed by atoms with Crippen molar-refractivity contribution < 1.29 is 23.5 Å². The van der Waals surface area contributed by atoms with Gasteiger partial charge in [-0.2, -0.15) is 8.78 Å². The van der Waals surface area contributed by atoms with E-state index in [1.807, 2.05) is 20.8 Å². The molecule has 1 aliphatic carbocycles. The van der Waals surface area contributed by atoms with Crippen molar-refractivity contribution in [2.45, 2.75) is 58.5 Å². The molecule has 0 spiro atoms. The van der Waals surface area contributed by atoms with Gasteiger partial charge in [-0.3, -0.25) is 4.79 Å². The van der Waals surface area contributed by atoms with Gasteiger partial charge in [-0.1, -0.05) is 60.4 Å². The van der Waals surface area contributed by atoms with Crippen molar-refractivity contribution >= 4 is 21.0 Å². The lowest BCUT2D eigenvalue weighted by atomic mass is 9.83. The molecule has 0 saturated carbocycles. The van der Waals surface area contributed by atoms with Gasteiger partial charge in [0.05, 0.1) is 0 Å². The molecule has 28 heavy (non-hydrogen) atoms. The molecule has 154 valence electrons. The van der Waals surface area contributed by atoms with E-state index in [2.05, 4.69) is 6.58 Å². The number of carbonyl (C=O) groups excluding carboxylic acids is 1. The summed E-state index contributed by atoms with van der Waals surface area (Å²) < 4.78 is 27.4. The maximum atomic E-state index is 13.7. The Kier molecular flexibility index (Phi) is 9.16. The molecule has 0 amide bonds. The summed E-state index contributed by atoms with van der Waals surface area (Å²) in [7, 11) is 1.49. The molecule has 2 atom stereocenters. The zero-order valence-electron chi connectivity index (χ0n) is 16.7. The molecule has 0 saturated heterocycles. The normalized spacial score (nSPS) is 22.8. The molecule has 0 fully saturated rings. The summed E-state index contributed by atoms with van der Waals surface area (Å²) >= 11 is 0. The van der Waals surface area contributed by atoms with Crippen LogP contribution in [-0.4, -0.2) is 22.5 Å². The largest absolute Gasteiger partial charge is 0.478 e. The Morgan fingerprint density at radius 1 is 1.36 bits per heavy atom. The second-order valence-electron chi connectivity index (χ2n) is 6.89. The summed E-state index contributed by atoms with van der Waals surface area (Å²) in [6.07, 6.45) is 8.33. The summed E-state index contributed by atoms with van der Waals surface area (Å²) in [5.74, 6) is -1.66. The third kappa shape index (κ3) is 6.34. The fourth-order valence-corrected chi connectivity index (χ4v) is 3.34. The highest BCUT2D eigenvalue weighted by atomic mass is 31.0. The Bertz CT molecular complexity index is 752. The number of carboxylic acids is 1. The number of alkyl halides is 2. The van der Waals surface area contributed by atoms with Crippen LogP contribution in [0.3, 0.4) is 0 Å². The highest BCUT2D eigenvalue weighted by Gasteiger charge is 2.26. The SMILES string of the molecule is C=C\C(=C/C=C(C1=C(/CC)CCCC(=O)/C(C(=O)O)=C\1)\C(C)CC)C(F)(F)P. The topological polar surface area (TPSA) is 54.4 Å². The molecule has 0 bridgehead atoms. The molecule has 0 aromatic carbocycles. The van der Waals surface area contributed by atoms with Gasteiger partial charge in [0.2, 0.25) is 0 Å². The number of rotatable bonds is 8. The molecule has 6 heteroatoms. The number of halogens is 2. The van der Waals surface area contributed by atoms with Gasteiger partial charge >= 0.3 is 5.97 Å². The molecule has 0 aromatic heterocycles. The minimum atomic E-state index is -3.11. The number of carboxylic acid groups (broad SMARTS) is 1. The average molecular weight is 410 g/mol. The van der Waals surface area contributed by atoms with Crippen LogP contribution in [0.2, 0.25) is 0 Å². The van der Waals surface area contributed by atoms with Crippen LogP contribution in [0, 0.1) is 5.92 Å². The first-order valence-electron chi connectivity index (χ1n) is 9.48. The molecule has 0 heterocycles. The van der Waals surface area contributed by atoms with Crippen molar-refractivity contribution in [3.63, 3.8) is 0 Å². The van der Waals surface area contributed by atoms with E-state index in [1.54, 1.807) is 6.08 Å². The number of ketones is 1. The number of aliphatic carboxylic acids is 1. The standard InChI is InChI=1S/C22H29F2O3P/c1-5-14(4)17(12-11-16(7-3)22(23,24)28)18-13-19(21(26)27)20(25)10-8-9-15(18)6-2/h7,11-14H,3,5-6,8-10,28H2,1-2,4H3,(H,26,27)/b16-11+,17-12+,18-15-,19-13+. The van der Waals surface area contributed by atoms with Crippen LogP contribution in [0.5, 0.6) is 0 Å². The van der Waals surface area contributed by atoms with Crippen LogP contribution in [0.4, 0.5) is 8.78 Å². The maximum absolute atomic E-state index is 13.7. The van der Waals surface area contributed by atoms with Gasteiger partial charge in [-0.25, -0.2) is 4.79 Å². The third-order valence-corrected chi connectivity index (χ3v) is 5.34. The van der Waals surface area contributed by atoms with Gasteiger partial charge in [-0.05, 0) is 48.8 Å². The molecule has 0 radical (unpaired) electrons. The summed E-state index contributed by atoms with van der Waals surface area (Å²) in [6, 6.07) is 0. The lowest BCUT2D eigenvalue weighted by molar-refractivity contribution is -0.134. The number of allylic oxidation sites excluding steroid dienone is 8. The van der Waals surface area contributed by atoms with Crippen molar-refractivity contribution in [1.29, 1.82) is 0 Å². The van der Waals surface area contributed by atoms with Crippen molar-refractivity contribution in [1.82, 2.24) is 0 Å². The molecule has 1 rings (SSSR count). The first kappa shape index (κ1) is 24.2. The van der Waals surface area contributed by atoms with Crippen LogP contribution < -0.4 is 0 Å². The molecule has 3 nitrogen and oxygen atoms in total. The minimum absolute atomic E-state index is 0.00202. The highest BCUT2D eigenvalue weighted by Crippen LogP contribution is 2.35. The maximum Gasteiger partial charge on any atom is 0.339 e. The van der Waals surface area contributed by atoms with E-state index in [1.165, 1.54) is 21.4 Å². The van der Waals surface area contributed by atoms with Gasteiger partial charge in [-0.15, -0.1) is 0 Å². The second-order valence-corrected chi connectivity index (χ2v) is 7.62.